The first-order chi connectivity index (χ1) is 8.34. The number of benzene rings is 2. The molecule has 2 aromatic rings. The number of hydrogen-bond acceptors (Lipinski definition) is 0. The van der Waals surface area contributed by atoms with E-state index in [1.165, 1.54) is 24.0 Å². The average Bonchev–Trinajstić information content (AvgIpc) is 3.17. The zero-order valence-electron chi connectivity index (χ0n) is 9.73. The van der Waals surface area contributed by atoms with Crippen molar-refractivity contribution in [2.45, 2.75) is 25.2 Å². The molecule has 2 aromatic carbocycles. The first kappa shape index (κ1) is 10.4. The van der Waals surface area contributed by atoms with E-state index in [0.717, 1.165) is 12.0 Å². The molecule has 0 atom stereocenters. The van der Waals surface area contributed by atoms with Crippen molar-refractivity contribution in [3.8, 4) is 5.75 Å². The van der Waals surface area contributed by atoms with Crippen LogP contribution in [0.2, 0.25) is 0 Å². The van der Waals surface area contributed by atoms with E-state index >= 15 is 0 Å². The van der Waals surface area contributed by atoms with Crippen LogP contribution in [0.5, 0.6) is 5.75 Å². The van der Waals surface area contributed by atoms with Crippen LogP contribution in [0.4, 0.5) is 0 Å². The maximum Gasteiger partial charge on any atom is 0.182 e. The summed E-state index contributed by atoms with van der Waals surface area (Å²) < 4.78 is 0. The van der Waals surface area contributed by atoms with Gasteiger partial charge in [-0.25, -0.2) is 0 Å². The van der Waals surface area contributed by atoms with E-state index in [-0.39, 0.29) is 5.75 Å². The SMILES string of the molecule is [O]c1cccc(C2CC2)c1Cc1ccccc1. The van der Waals surface area contributed by atoms with Crippen molar-refractivity contribution >= 4 is 0 Å². The lowest BCUT2D eigenvalue weighted by Gasteiger charge is -2.09. The quantitative estimate of drug-likeness (QED) is 0.739. The third kappa shape index (κ3) is 2.19. The van der Waals surface area contributed by atoms with Gasteiger partial charge in [-0.05, 0) is 36.0 Å². The molecule has 17 heavy (non-hydrogen) atoms. The molecule has 85 valence electrons. The Morgan fingerprint density at radius 1 is 0.941 bits per heavy atom. The molecule has 1 nitrogen and oxygen atoms in total. The minimum atomic E-state index is 0.193. The summed E-state index contributed by atoms with van der Waals surface area (Å²) in [4.78, 5) is 0. The Labute approximate surface area is 102 Å². The zero-order chi connectivity index (χ0) is 11.7. The summed E-state index contributed by atoms with van der Waals surface area (Å²) in [6.45, 7) is 0. The van der Waals surface area contributed by atoms with Crippen LogP contribution in [0, 0.1) is 0 Å². The molecule has 0 aromatic heterocycles. The molecule has 0 bridgehead atoms. The molecule has 1 fully saturated rings. The minimum Gasteiger partial charge on any atom is -0.290 e. The second kappa shape index (κ2) is 4.25. The van der Waals surface area contributed by atoms with Crippen molar-refractivity contribution in [1.29, 1.82) is 0 Å². The van der Waals surface area contributed by atoms with Crippen molar-refractivity contribution in [2.75, 3.05) is 0 Å². The van der Waals surface area contributed by atoms with Crippen LogP contribution in [-0.4, -0.2) is 0 Å². The van der Waals surface area contributed by atoms with E-state index in [0.29, 0.717) is 5.92 Å². The van der Waals surface area contributed by atoms with Gasteiger partial charge in [0.25, 0.3) is 0 Å². The molecule has 0 spiro atoms. The minimum absolute atomic E-state index is 0.193. The van der Waals surface area contributed by atoms with Crippen molar-refractivity contribution in [3.63, 3.8) is 0 Å². The van der Waals surface area contributed by atoms with Gasteiger partial charge in [0.1, 0.15) is 0 Å². The fourth-order valence-electron chi connectivity index (χ4n) is 2.35. The van der Waals surface area contributed by atoms with Crippen molar-refractivity contribution < 1.29 is 5.11 Å². The zero-order valence-corrected chi connectivity index (χ0v) is 9.73. The lowest BCUT2D eigenvalue weighted by Crippen LogP contribution is -1.94. The maximum atomic E-state index is 12.0. The van der Waals surface area contributed by atoms with Gasteiger partial charge in [-0.15, -0.1) is 0 Å². The van der Waals surface area contributed by atoms with E-state index in [1.807, 2.05) is 24.3 Å². The van der Waals surface area contributed by atoms with Gasteiger partial charge in [-0.1, -0.05) is 42.5 Å². The van der Waals surface area contributed by atoms with Gasteiger partial charge in [0.15, 0.2) is 5.75 Å². The molecule has 0 aliphatic heterocycles. The van der Waals surface area contributed by atoms with E-state index in [4.69, 9.17) is 0 Å². The molecule has 3 rings (SSSR count). The fourth-order valence-corrected chi connectivity index (χ4v) is 2.35. The normalized spacial score (nSPS) is 14.8. The Kier molecular flexibility index (Phi) is 2.60. The van der Waals surface area contributed by atoms with E-state index in [2.05, 4.69) is 18.2 Å². The van der Waals surface area contributed by atoms with Gasteiger partial charge >= 0.3 is 0 Å². The second-order valence-electron chi connectivity index (χ2n) is 4.76. The first-order valence-electron chi connectivity index (χ1n) is 6.17. The van der Waals surface area contributed by atoms with Gasteiger partial charge in [-0.3, -0.25) is 5.11 Å². The number of hydrogen-bond donors (Lipinski definition) is 0. The largest absolute Gasteiger partial charge is 0.290 e. The van der Waals surface area contributed by atoms with Crippen LogP contribution >= 0.6 is 0 Å². The smallest absolute Gasteiger partial charge is 0.182 e. The monoisotopic (exact) mass is 223 g/mol. The Bertz CT molecular complexity index is 512. The van der Waals surface area contributed by atoms with Crippen LogP contribution < -0.4 is 0 Å². The summed E-state index contributed by atoms with van der Waals surface area (Å²) >= 11 is 0. The molecule has 1 aliphatic carbocycles. The van der Waals surface area contributed by atoms with Crippen LogP contribution in [0.15, 0.2) is 48.5 Å². The molecule has 0 amide bonds. The topological polar surface area (TPSA) is 19.9 Å². The highest BCUT2D eigenvalue weighted by atomic mass is 16.3. The summed E-state index contributed by atoms with van der Waals surface area (Å²) in [6.07, 6.45) is 3.25. The lowest BCUT2D eigenvalue weighted by atomic mass is 9.96. The average molecular weight is 223 g/mol. The molecule has 0 heterocycles. The van der Waals surface area contributed by atoms with Crippen LogP contribution in [0.25, 0.3) is 0 Å². The first-order valence-corrected chi connectivity index (χ1v) is 6.17. The van der Waals surface area contributed by atoms with Crippen molar-refractivity contribution in [1.82, 2.24) is 0 Å². The maximum absolute atomic E-state index is 12.0. The van der Waals surface area contributed by atoms with E-state index in [9.17, 15) is 5.11 Å². The standard InChI is InChI=1S/C16H15O/c17-16-8-4-7-14(13-9-10-13)15(16)11-12-5-2-1-3-6-12/h1-8,13H,9-11H2. The summed E-state index contributed by atoms with van der Waals surface area (Å²) in [5.74, 6) is 0.834. The third-order valence-corrected chi connectivity index (χ3v) is 3.41. The molecule has 1 aliphatic rings. The fraction of sp³-hybridized carbons (Fsp3) is 0.250. The van der Waals surface area contributed by atoms with Gasteiger partial charge < -0.3 is 0 Å². The van der Waals surface area contributed by atoms with Crippen molar-refractivity contribution in [2.24, 2.45) is 0 Å². The van der Waals surface area contributed by atoms with Gasteiger partial charge in [0.2, 0.25) is 0 Å². The van der Waals surface area contributed by atoms with Gasteiger partial charge in [-0.2, -0.15) is 0 Å². The molecule has 0 unspecified atom stereocenters. The Balaban J connectivity index is 1.96. The van der Waals surface area contributed by atoms with Crippen LogP contribution in [0.1, 0.15) is 35.4 Å². The molecule has 0 N–H and O–H groups in total. The molecule has 1 saturated carbocycles. The Hall–Kier alpha value is -1.76. The Morgan fingerprint density at radius 3 is 2.41 bits per heavy atom. The number of rotatable bonds is 3. The predicted octanol–water partition coefficient (Wildman–Crippen LogP) is 4.30. The van der Waals surface area contributed by atoms with Crippen LogP contribution in [-0.2, 0) is 11.5 Å². The van der Waals surface area contributed by atoms with E-state index in [1.54, 1.807) is 6.07 Å². The van der Waals surface area contributed by atoms with Gasteiger partial charge in [0, 0.05) is 12.0 Å². The Morgan fingerprint density at radius 2 is 1.71 bits per heavy atom. The second-order valence-corrected chi connectivity index (χ2v) is 4.76. The van der Waals surface area contributed by atoms with Crippen molar-refractivity contribution in [3.05, 3.63) is 65.2 Å². The molecule has 0 saturated heterocycles. The summed E-state index contributed by atoms with van der Waals surface area (Å²) in [5.41, 5.74) is 3.50. The highest BCUT2D eigenvalue weighted by molar-refractivity contribution is 5.45. The summed E-state index contributed by atoms with van der Waals surface area (Å²) in [7, 11) is 0. The molecule has 1 radical (unpaired) electrons. The molecule has 1 heteroatoms. The molecular formula is C16H15O. The molecular weight excluding hydrogens is 208 g/mol. The highest BCUT2D eigenvalue weighted by Gasteiger charge is 2.27. The van der Waals surface area contributed by atoms with E-state index < -0.39 is 0 Å². The highest BCUT2D eigenvalue weighted by Crippen LogP contribution is 2.44. The van der Waals surface area contributed by atoms with Gasteiger partial charge in [0.05, 0.1) is 0 Å². The van der Waals surface area contributed by atoms with Crippen LogP contribution in [0.3, 0.4) is 0 Å². The lowest BCUT2D eigenvalue weighted by molar-refractivity contribution is 0.350. The third-order valence-electron chi connectivity index (χ3n) is 3.41. The predicted molar refractivity (Wildman–Crippen MR) is 67.8 cm³/mol. The summed E-state index contributed by atoms with van der Waals surface area (Å²) in [5, 5.41) is 12.0. The summed E-state index contributed by atoms with van der Waals surface area (Å²) in [6, 6.07) is 15.9.